The van der Waals surface area contributed by atoms with Crippen molar-refractivity contribution in [3.63, 3.8) is 0 Å². The molecule has 22 heteroatoms. The Hall–Kier alpha value is -4.68. The summed E-state index contributed by atoms with van der Waals surface area (Å²) in [7, 11) is -0.343. The van der Waals surface area contributed by atoms with Gasteiger partial charge in [0.15, 0.2) is 0 Å². The van der Waals surface area contributed by atoms with Crippen LogP contribution in [0, 0.1) is 39.7 Å². The molecule has 2 saturated heterocycles. The Bertz CT molecular complexity index is 2290. The zero-order chi connectivity index (χ0) is 53.9. The molecule has 3 fully saturated rings. The van der Waals surface area contributed by atoms with E-state index >= 15 is 0 Å². The average molecular weight is 1050 g/mol. The van der Waals surface area contributed by atoms with E-state index in [0.29, 0.717) is 49.7 Å². The molecule has 2 bridgehead atoms. The highest BCUT2D eigenvalue weighted by Crippen LogP contribution is 2.39. The molecule has 1 aromatic carbocycles. The molecule has 1 aromatic rings. The van der Waals surface area contributed by atoms with E-state index in [1.807, 2.05) is 32.9 Å². The summed E-state index contributed by atoms with van der Waals surface area (Å²) in [5, 5.41) is 34.9. The molecule has 1 unspecified atom stereocenters. The predicted octanol–water partition coefficient (Wildman–Crippen LogP) is 5.58. The molecular weight excluding hydrogens is 975 g/mol. The van der Waals surface area contributed by atoms with Gasteiger partial charge in [-0.25, -0.2) is 13.8 Å². The van der Waals surface area contributed by atoms with Crippen molar-refractivity contribution in [1.29, 1.82) is 0 Å². The molecule has 3 heterocycles. The van der Waals surface area contributed by atoms with Crippen LogP contribution in [-0.4, -0.2) is 140 Å². The van der Waals surface area contributed by atoms with Crippen molar-refractivity contribution < 1.29 is 80.1 Å². The van der Waals surface area contributed by atoms with Gasteiger partial charge in [-0.2, -0.15) is 13.1 Å². The first kappa shape index (κ1) is 59.2. The maximum absolute atomic E-state index is 14.5. The fraction of sp³-hybridized carbons (Fsp3) is 0.706. The molecule has 0 spiro atoms. The van der Waals surface area contributed by atoms with Gasteiger partial charge in [-0.1, -0.05) is 45.4 Å². The number of nitrogens with zero attached hydrogens (tertiary/aromatic N) is 2. The predicted molar refractivity (Wildman–Crippen MR) is 262 cm³/mol. The second kappa shape index (κ2) is 26.2. The van der Waals surface area contributed by atoms with Gasteiger partial charge in [0.1, 0.15) is 36.7 Å². The summed E-state index contributed by atoms with van der Waals surface area (Å²) in [6.45, 7) is 10.4. The number of fused-ring (bicyclic) bond motifs is 3. The molecule has 2 amide bonds. The Morgan fingerprint density at radius 1 is 0.945 bits per heavy atom. The van der Waals surface area contributed by atoms with Crippen LogP contribution < -0.4 is 4.72 Å². The second-order valence-corrected chi connectivity index (χ2v) is 21.6. The lowest BCUT2D eigenvalue weighted by Crippen LogP contribution is -2.64. The van der Waals surface area contributed by atoms with Crippen LogP contribution >= 0.6 is 0 Å². The van der Waals surface area contributed by atoms with Crippen molar-refractivity contribution in [2.45, 2.75) is 173 Å². The van der Waals surface area contributed by atoms with E-state index < -0.39 is 111 Å². The van der Waals surface area contributed by atoms with Gasteiger partial charge in [-0.15, -0.1) is 0 Å². The number of carbonyl (C=O) groups excluding carboxylic acids is 5. The van der Waals surface area contributed by atoms with Crippen LogP contribution in [0.3, 0.4) is 0 Å². The summed E-state index contributed by atoms with van der Waals surface area (Å²) in [4.78, 5) is 81.2. The van der Waals surface area contributed by atoms with Gasteiger partial charge in [-0.3, -0.25) is 24.5 Å². The lowest BCUT2D eigenvalue weighted by atomic mass is 9.81. The SMILES string of the molecule is CC[C@@H]1/C=C(\C)C[C@H](C)C[C@H](OC)[C@H]2O[C@@](O)(C(=O)C(=O)N3CCCC[C@H]3C(=O)OC(/C(C)=C/[C@@H]3CC[C@H](OS(=O)(=O)NC(=O)OCc4ccc([N+](=O)[O-])cc4)[C@H](OC)C3)[C@H](C)[C@@H](O)CC1=O)[C@H](C)C[C@@H]2OC. The third-order valence-electron chi connectivity index (χ3n) is 14.8. The molecule has 0 aromatic heterocycles. The molecule has 1 saturated carbocycles. The number of benzene rings is 1. The van der Waals surface area contributed by atoms with E-state index in [2.05, 4.69) is 0 Å². The van der Waals surface area contributed by atoms with Gasteiger partial charge in [0.2, 0.25) is 5.79 Å². The maximum Gasteiger partial charge on any atom is 0.423 e. The molecule has 4 aliphatic rings. The molecule has 0 radical (unpaired) electrons. The van der Waals surface area contributed by atoms with E-state index in [1.54, 1.807) is 25.5 Å². The number of nitrogens with one attached hydrogen (secondary N) is 1. The van der Waals surface area contributed by atoms with Crippen LogP contribution in [0.15, 0.2) is 47.6 Å². The lowest BCUT2D eigenvalue weighted by molar-refractivity contribution is -0.384. The highest BCUT2D eigenvalue weighted by atomic mass is 32.2. The maximum atomic E-state index is 14.5. The van der Waals surface area contributed by atoms with Crippen molar-refractivity contribution >= 4 is 45.5 Å². The first-order valence-electron chi connectivity index (χ1n) is 25.2. The van der Waals surface area contributed by atoms with Gasteiger partial charge < -0.3 is 43.5 Å². The van der Waals surface area contributed by atoms with Crippen LogP contribution in [-0.2, 0) is 68.7 Å². The third kappa shape index (κ3) is 15.2. The van der Waals surface area contributed by atoms with Crippen LogP contribution in [0.4, 0.5) is 10.5 Å². The van der Waals surface area contributed by atoms with Crippen molar-refractivity contribution in [3.05, 3.63) is 63.2 Å². The van der Waals surface area contributed by atoms with Gasteiger partial charge in [0, 0.05) is 64.2 Å². The molecule has 14 atom stereocenters. The second-order valence-electron chi connectivity index (χ2n) is 20.3. The summed E-state index contributed by atoms with van der Waals surface area (Å²) in [6, 6.07) is 3.89. The van der Waals surface area contributed by atoms with E-state index in [9.17, 15) is 52.7 Å². The summed E-state index contributed by atoms with van der Waals surface area (Å²) in [6.07, 6.45) is -0.978. The molecule has 408 valence electrons. The number of methoxy groups -OCH3 is 3. The summed E-state index contributed by atoms with van der Waals surface area (Å²) in [5.41, 5.74) is 1.62. The number of nitro benzene ring substituents is 1. The lowest BCUT2D eigenvalue weighted by Gasteiger charge is -2.47. The minimum Gasteiger partial charge on any atom is -0.456 e. The number of ketones is 2. The Morgan fingerprint density at radius 3 is 2.23 bits per heavy atom. The molecular formula is C51H75N3O18S. The summed E-state index contributed by atoms with van der Waals surface area (Å²) >= 11 is 0. The average Bonchev–Trinajstić information content (AvgIpc) is 3.35. The van der Waals surface area contributed by atoms with Gasteiger partial charge in [0.05, 0.1) is 29.3 Å². The van der Waals surface area contributed by atoms with Crippen molar-refractivity contribution in [2.24, 2.45) is 29.6 Å². The molecule has 1 aliphatic carbocycles. The number of nitro groups is 1. The zero-order valence-corrected chi connectivity index (χ0v) is 44.2. The number of non-ortho nitro benzene ring substituents is 1. The number of ether oxygens (including phenoxy) is 6. The fourth-order valence-electron chi connectivity index (χ4n) is 10.7. The normalized spacial score (nSPS) is 34.6. The number of piperidine rings is 1. The number of aliphatic hydroxyl groups excluding tert-OH is 1. The number of carbonyl (C=O) groups is 5. The number of rotatable bonds is 12. The first-order chi connectivity index (χ1) is 34.4. The number of amides is 2. The largest absolute Gasteiger partial charge is 0.456 e. The number of hydrogen-bond acceptors (Lipinski definition) is 18. The topological polar surface area (TPSA) is 283 Å². The van der Waals surface area contributed by atoms with Crippen LogP contribution in [0.5, 0.6) is 0 Å². The third-order valence-corrected chi connectivity index (χ3v) is 15.8. The van der Waals surface area contributed by atoms with E-state index in [1.165, 1.54) is 45.6 Å². The van der Waals surface area contributed by atoms with E-state index in [4.69, 9.17) is 32.6 Å². The van der Waals surface area contributed by atoms with Crippen molar-refractivity contribution in [1.82, 2.24) is 9.62 Å². The van der Waals surface area contributed by atoms with Gasteiger partial charge >= 0.3 is 22.4 Å². The van der Waals surface area contributed by atoms with Crippen LogP contribution in [0.1, 0.15) is 118 Å². The van der Waals surface area contributed by atoms with E-state index in [-0.39, 0.29) is 68.6 Å². The van der Waals surface area contributed by atoms with Gasteiger partial charge in [0.25, 0.3) is 17.4 Å². The summed E-state index contributed by atoms with van der Waals surface area (Å²) < 4.78 is 68.0. The number of Topliss-reactive ketones (excluding diaryl/α,β-unsaturated/α-hetero) is 2. The zero-order valence-electron chi connectivity index (χ0n) is 43.4. The number of aliphatic hydroxyl groups is 2. The Kier molecular flexibility index (Phi) is 21.2. The molecule has 21 nitrogen and oxygen atoms in total. The van der Waals surface area contributed by atoms with Gasteiger partial charge in [-0.05, 0) is 113 Å². The number of esters is 1. The van der Waals surface area contributed by atoms with E-state index in [0.717, 1.165) is 10.5 Å². The molecule has 5 rings (SSSR count). The first-order valence-corrected chi connectivity index (χ1v) is 26.6. The van der Waals surface area contributed by atoms with Crippen LogP contribution in [0.25, 0.3) is 0 Å². The Balaban J connectivity index is 1.40. The highest BCUT2D eigenvalue weighted by molar-refractivity contribution is 7.85. The molecule has 3 aliphatic heterocycles. The fourth-order valence-corrected chi connectivity index (χ4v) is 11.5. The van der Waals surface area contributed by atoms with Crippen LogP contribution in [0.2, 0.25) is 0 Å². The van der Waals surface area contributed by atoms with Crippen molar-refractivity contribution in [3.8, 4) is 0 Å². The smallest absolute Gasteiger partial charge is 0.423 e. The Labute approximate surface area is 428 Å². The standard InChI is InChI=1S/C51H75N3O18S/c1-10-36-22-29(2)21-30(3)23-43(67-8)46-44(68-9)25-32(5)51(61,71-46)47(57)48(58)53-20-12-11-13-38(53)49(59)70-45(33(6)39(55)27-40(36)56)31(4)24-35-16-19-41(42(26-35)66-7)72-73(64,65)52-50(60)69-28-34-14-17-37(18-15-34)54(62)63/h14-15,17-18,22,24,30,32-33,35-36,38-39,41-46,55,61H,10-13,16,19-21,23,25-28H2,1-9H3,(H,52,60)/b29-22+,31-24+/t30-,32+,33+,35-,36+,38-,39-,41-,42+,43-,44-,45?,46+,51+/m0/s1. The minimum atomic E-state index is -4.72. The molecule has 73 heavy (non-hydrogen) atoms. The summed E-state index contributed by atoms with van der Waals surface area (Å²) in [5.74, 6) is -8.64. The Morgan fingerprint density at radius 2 is 1.60 bits per heavy atom. The minimum absolute atomic E-state index is 0.00633. The number of allylic oxidation sites excluding steroid dienone is 3. The van der Waals surface area contributed by atoms with Crippen molar-refractivity contribution in [2.75, 3.05) is 27.9 Å². The number of hydrogen-bond donors (Lipinski definition) is 3. The molecule has 3 N–H and O–H groups in total. The quantitative estimate of drug-likeness (QED) is 0.0757. The monoisotopic (exact) mass is 1050 g/mol. The highest BCUT2D eigenvalue weighted by Gasteiger charge is 2.56. The number of cyclic esters (lactones) is 1.